The first-order valence-electron chi connectivity index (χ1n) is 13.6. The van der Waals surface area contributed by atoms with E-state index in [1.807, 2.05) is 4.90 Å². The van der Waals surface area contributed by atoms with Crippen LogP contribution < -0.4 is 10.5 Å². The van der Waals surface area contributed by atoms with E-state index in [-0.39, 0.29) is 34.7 Å². The SMILES string of the molecule is CN(C(N)=O)C1CCN(CC2CCCN2C(=O)CN2CCCC(NS(=O)(=O)c3cc4cc(Cl)ccc4s3)C2=O)C1. The van der Waals surface area contributed by atoms with Crippen molar-refractivity contribution in [2.24, 2.45) is 5.73 Å². The Morgan fingerprint density at radius 1 is 1.15 bits per heavy atom. The zero-order chi connectivity index (χ0) is 28.6. The number of halogens is 1. The van der Waals surface area contributed by atoms with Gasteiger partial charge in [0.1, 0.15) is 10.3 Å². The van der Waals surface area contributed by atoms with Crippen LogP contribution in [0.5, 0.6) is 0 Å². The molecule has 3 aliphatic rings. The molecule has 11 nitrogen and oxygen atoms in total. The Hall–Kier alpha value is -2.45. The van der Waals surface area contributed by atoms with Gasteiger partial charge in [-0.2, -0.15) is 4.72 Å². The van der Waals surface area contributed by atoms with Gasteiger partial charge >= 0.3 is 6.03 Å². The fourth-order valence-corrected chi connectivity index (χ4v) is 8.75. The summed E-state index contributed by atoms with van der Waals surface area (Å²) < 4.78 is 29.8. The number of thiophene rings is 1. The monoisotopic (exact) mass is 610 g/mol. The molecule has 5 rings (SSSR count). The summed E-state index contributed by atoms with van der Waals surface area (Å²) in [7, 11) is -2.22. The van der Waals surface area contributed by atoms with Crippen molar-refractivity contribution in [3.05, 3.63) is 29.3 Å². The Labute approximate surface area is 243 Å². The fraction of sp³-hybridized carbons (Fsp3) is 0.577. The van der Waals surface area contributed by atoms with Gasteiger partial charge in [-0.05, 0) is 61.8 Å². The highest BCUT2D eigenvalue weighted by atomic mass is 35.5. The number of amides is 4. The van der Waals surface area contributed by atoms with E-state index in [9.17, 15) is 22.8 Å². The second kappa shape index (κ2) is 11.8. The first-order chi connectivity index (χ1) is 19.0. The summed E-state index contributed by atoms with van der Waals surface area (Å²) in [6.07, 6.45) is 3.59. The topological polar surface area (TPSA) is 136 Å². The summed E-state index contributed by atoms with van der Waals surface area (Å²) in [4.78, 5) is 45.3. The average molecular weight is 611 g/mol. The second-order valence-electron chi connectivity index (χ2n) is 10.9. The first-order valence-corrected chi connectivity index (χ1v) is 16.2. The van der Waals surface area contributed by atoms with Crippen LogP contribution in [0.1, 0.15) is 32.1 Å². The molecule has 0 aliphatic carbocycles. The van der Waals surface area contributed by atoms with Crippen LogP contribution in [-0.2, 0) is 19.6 Å². The Bertz CT molecular complexity index is 1400. The third-order valence-electron chi connectivity index (χ3n) is 8.18. The molecule has 3 aliphatic heterocycles. The van der Waals surface area contributed by atoms with Crippen molar-refractivity contribution in [2.75, 3.05) is 46.3 Å². The molecule has 4 heterocycles. The van der Waals surface area contributed by atoms with Gasteiger partial charge in [0.05, 0.1) is 6.54 Å². The summed E-state index contributed by atoms with van der Waals surface area (Å²) in [5.41, 5.74) is 5.42. The van der Waals surface area contributed by atoms with Crippen molar-refractivity contribution in [2.45, 2.75) is 54.4 Å². The summed E-state index contributed by atoms with van der Waals surface area (Å²) in [6.45, 7) is 3.25. The van der Waals surface area contributed by atoms with Crippen LogP contribution in [0.25, 0.3) is 10.1 Å². The summed E-state index contributed by atoms with van der Waals surface area (Å²) in [5.74, 6) is -0.495. The molecular formula is C26H35ClN6O5S2. The predicted molar refractivity (Wildman–Crippen MR) is 154 cm³/mol. The molecule has 0 spiro atoms. The molecule has 3 fully saturated rings. The molecule has 0 saturated carbocycles. The first kappa shape index (κ1) is 29.1. The van der Waals surface area contributed by atoms with Crippen molar-refractivity contribution < 1.29 is 22.8 Å². The van der Waals surface area contributed by atoms with E-state index in [1.54, 1.807) is 36.2 Å². The van der Waals surface area contributed by atoms with Crippen molar-refractivity contribution in [3.8, 4) is 0 Å². The minimum absolute atomic E-state index is 0.0424. The number of primary amides is 1. The van der Waals surface area contributed by atoms with Crippen molar-refractivity contribution in [1.29, 1.82) is 0 Å². The number of carbonyl (C=O) groups is 3. The number of benzene rings is 1. The molecule has 3 N–H and O–H groups in total. The summed E-state index contributed by atoms with van der Waals surface area (Å²) in [6, 6.07) is 5.50. The number of nitrogens with zero attached hydrogens (tertiary/aromatic N) is 4. The number of fused-ring (bicyclic) bond motifs is 1. The van der Waals surface area contributed by atoms with Crippen LogP contribution in [0.4, 0.5) is 4.79 Å². The van der Waals surface area contributed by atoms with E-state index in [0.29, 0.717) is 37.5 Å². The number of likely N-dealkylation sites (N-methyl/N-ethyl adjacent to an activating group) is 1. The predicted octanol–water partition coefficient (Wildman–Crippen LogP) is 1.90. The van der Waals surface area contributed by atoms with Gasteiger partial charge in [-0.3, -0.25) is 14.5 Å². The number of nitrogens with two attached hydrogens (primary N) is 1. The Morgan fingerprint density at radius 2 is 1.93 bits per heavy atom. The quantitative estimate of drug-likeness (QED) is 0.469. The number of urea groups is 1. The van der Waals surface area contributed by atoms with Crippen molar-refractivity contribution >= 4 is 60.9 Å². The van der Waals surface area contributed by atoms with Gasteiger partial charge < -0.3 is 20.4 Å². The molecule has 1 aromatic heterocycles. The van der Waals surface area contributed by atoms with Crippen LogP contribution in [0.15, 0.2) is 28.5 Å². The van der Waals surface area contributed by atoms with Crippen LogP contribution in [0.2, 0.25) is 5.02 Å². The van der Waals surface area contributed by atoms with Gasteiger partial charge in [0.15, 0.2) is 0 Å². The second-order valence-corrected chi connectivity index (χ2v) is 14.3. The molecule has 3 atom stereocenters. The van der Waals surface area contributed by atoms with Gasteiger partial charge in [-0.15, -0.1) is 11.3 Å². The minimum Gasteiger partial charge on any atom is -0.351 e. The van der Waals surface area contributed by atoms with Crippen LogP contribution >= 0.6 is 22.9 Å². The zero-order valence-corrected chi connectivity index (χ0v) is 24.8. The minimum atomic E-state index is -3.93. The van der Waals surface area contributed by atoms with Crippen LogP contribution in [-0.4, -0.2) is 110 Å². The maximum atomic E-state index is 13.3. The number of hydrogen-bond donors (Lipinski definition) is 2. The molecule has 14 heteroatoms. The highest BCUT2D eigenvalue weighted by molar-refractivity contribution is 7.91. The van der Waals surface area contributed by atoms with E-state index < -0.39 is 22.1 Å². The van der Waals surface area contributed by atoms with Crippen molar-refractivity contribution in [3.63, 3.8) is 0 Å². The molecule has 3 unspecified atom stereocenters. The maximum Gasteiger partial charge on any atom is 0.314 e. The lowest BCUT2D eigenvalue weighted by Crippen LogP contribution is -2.55. The number of piperidine rings is 1. The maximum absolute atomic E-state index is 13.3. The smallest absolute Gasteiger partial charge is 0.314 e. The molecule has 218 valence electrons. The van der Waals surface area contributed by atoms with E-state index in [0.717, 1.165) is 53.8 Å². The number of carbonyl (C=O) groups excluding carboxylic acids is 3. The zero-order valence-electron chi connectivity index (χ0n) is 22.4. The molecule has 0 bridgehead atoms. The molecule has 3 saturated heterocycles. The number of likely N-dealkylation sites (tertiary alicyclic amines) is 3. The lowest BCUT2D eigenvalue weighted by atomic mass is 10.1. The lowest BCUT2D eigenvalue weighted by molar-refractivity contribution is -0.143. The summed E-state index contributed by atoms with van der Waals surface area (Å²) >= 11 is 7.16. The van der Waals surface area contributed by atoms with E-state index in [1.165, 1.54) is 4.90 Å². The molecule has 2 aromatic rings. The third-order valence-corrected chi connectivity index (χ3v) is 11.5. The number of sulfonamides is 1. The number of nitrogens with one attached hydrogen (secondary N) is 1. The lowest BCUT2D eigenvalue weighted by Gasteiger charge is -2.34. The van der Waals surface area contributed by atoms with Crippen LogP contribution in [0, 0.1) is 0 Å². The largest absolute Gasteiger partial charge is 0.351 e. The van der Waals surface area contributed by atoms with E-state index >= 15 is 0 Å². The number of hydrogen-bond acceptors (Lipinski definition) is 7. The molecule has 0 radical (unpaired) electrons. The molecule has 1 aromatic carbocycles. The van der Waals surface area contributed by atoms with Crippen LogP contribution in [0.3, 0.4) is 0 Å². The van der Waals surface area contributed by atoms with Gasteiger partial charge in [0.25, 0.3) is 10.0 Å². The van der Waals surface area contributed by atoms with Gasteiger partial charge in [0, 0.05) is 61.6 Å². The third kappa shape index (κ3) is 6.23. The highest BCUT2D eigenvalue weighted by Crippen LogP contribution is 2.31. The molecular weight excluding hydrogens is 576 g/mol. The van der Waals surface area contributed by atoms with Gasteiger partial charge in [-0.1, -0.05) is 11.6 Å². The average Bonchev–Trinajstić information content (AvgIpc) is 3.66. The van der Waals surface area contributed by atoms with E-state index in [4.69, 9.17) is 17.3 Å². The Kier molecular flexibility index (Phi) is 8.58. The normalized spacial score (nSPS) is 24.2. The Balaban J connectivity index is 1.18. The Morgan fingerprint density at radius 3 is 2.70 bits per heavy atom. The standard InChI is InChI=1S/C26H35ClN6O5S2/c1-30(26(28)36)19-8-11-31(14-19)15-20-4-2-10-33(20)23(34)16-32-9-3-5-21(25(32)35)29-40(37,38)24-13-17-12-18(27)6-7-22(17)39-24/h6-7,12-13,19-21,29H,2-5,8-11,14-16H2,1H3,(H2,28,36). The summed E-state index contributed by atoms with van der Waals surface area (Å²) in [5, 5.41) is 1.25. The molecule has 40 heavy (non-hydrogen) atoms. The van der Waals surface area contributed by atoms with Gasteiger partial charge in [0.2, 0.25) is 11.8 Å². The van der Waals surface area contributed by atoms with Crippen molar-refractivity contribution in [1.82, 2.24) is 24.3 Å². The number of rotatable bonds is 8. The van der Waals surface area contributed by atoms with Gasteiger partial charge in [-0.25, -0.2) is 13.2 Å². The highest BCUT2D eigenvalue weighted by Gasteiger charge is 2.37. The fourth-order valence-electron chi connectivity index (χ4n) is 5.95. The molecule has 4 amide bonds. The van der Waals surface area contributed by atoms with E-state index in [2.05, 4.69) is 9.62 Å².